The van der Waals surface area contributed by atoms with Gasteiger partial charge in [0.05, 0.1) is 25.6 Å². The second-order valence-corrected chi connectivity index (χ2v) is 9.58. The molecule has 0 spiro atoms. The highest BCUT2D eigenvalue weighted by Crippen LogP contribution is 2.34. The fraction of sp³-hybridized carbons (Fsp3) is 0.655. The van der Waals surface area contributed by atoms with Crippen LogP contribution in [0.5, 0.6) is 11.5 Å². The number of hydrogen-bond donors (Lipinski definition) is 0. The Labute approximate surface area is 201 Å². The summed E-state index contributed by atoms with van der Waals surface area (Å²) in [6.07, 6.45) is 23.5. The molecule has 4 heteroatoms. The van der Waals surface area contributed by atoms with E-state index >= 15 is 0 Å². The van der Waals surface area contributed by atoms with E-state index in [9.17, 15) is 0 Å². The van der Waals surface area contributed by atoms with E-state index in [-0.39, 0.29) is 0 Å². The van der Waals surface area contributed by atoms with Crippen molar-refractivity contribution in [1.29, 1.82) is 0 Å². The number of unbranched alkanes of at least 4 members (excludes halogenated alkanes) is 10. The Kier molecular flexibility index (Phi) is 12.1. The maximum Gasteiger partial charge on any atom is 0.159 e. The average molecular weight is 453 g/mol. The van der Waals surface area contributed by atoms with E-state index in [0.29, 0.717) is 0 Å². The summed E-state index contributed by atoms with van der Waals surface area (Å²) >= 11 is 0. The second kappa shape index (κ2) is 15.7. The third-order valence-electron chi connectivity index (χ3n) is 6.48. The molecule has 1 saturated carbocycles. The van der Waals surface area contributed by atoms with Crippen molar-refractivity contribution in [2.45, 2.75) is 103 Å². The SMILES string of the molecule is CCCCCCCCOc1ccc(-c2ncc(OCCCCCCCCC3CC3)cn2)cc1. The third kappa shape index (κ3) is 11.0. The molecule has 1 aromatic heterocycles. The topological polar surface area (TPSA) is 44.2 Å². The summed E-state index contributed by atoms with van der Waals surface area (Å²) in [5, 5.41) is 0. The van der Waals surface area contributed by atoms with E-state index in [2.05, 4.69) is 16.9 Å². The smallest absolute Gasteiger partial charge is 0.159 e. The predicted molar refractivity (Wildman–Crippen MR) is 137 cm³/mol. The number of ether oxygens (including phenoxy) is 2. The molecule has 0 bridgehead atoms. The third-order valence-corrected chi connectivity index (χ3v) is 6.48. The molecule has 0 amide bonds. The van der Waals surface area contributed by atoms with Gasteiger partial charge in [-0.05, 0) is 43.0 Å². The van der Waals surface area contributed by atoms with Crippen LogP contribution < -0.4 is 9.47 Å². The molecule has 0 aliphatic heterocycles. The van der Waals surface area contributed by atoms with Gasteiger partial charge in [-0.15, -0.1) is 0 Å². The van der Waals surface area contributed by atoms with Gasteiger partial charge in [-0.25, -0.2) is 9.97 Å². The zero-order valence-electron chi connectivity index (χ0n) is 20.8. The molecule has 1 aromatic carbocycles. The zero-order chi connectivity index (χ0) is 23.0. The molecule has 33 heavy (non-hydrogen) atoms. The lowest BCUT2D eigenvalue weighted by Gasteiger charge is -2.08. The van der Waals surface area contributed by atoms with Gasteiger partial charge in [0, 0.05) is 5.56 Å². The average Bonchev–Trinajstić information content (AvgIpc) is 3.68. The van der Waals surface area contributed by atoms with Gasteiger partial charge in [0.1, 0.15) is 5.75 Å². The molecule has 0 radical (unpaired) electrons. The van der Waals surface area contributed by atoms with Crippen LogP contribution >= 0.6 is 0 Å². The first kappa shape index (κ1) is 25.5. The highest BCUT2D eigenvalue weighted by atomic mass is 16.5. The van der Waals surface area contributed by atoms with Crippen LogP contribution in [-0.4, -0.2) is 23.2 Å². The Bertz CT molecular complexity index is 741. The maximum absolute atomic E-state index is 5.86. The van der Waals surface area contributed by atoms with E-state index in [4.69, 9.17) is 9.47 Å². The fourth-order valence-corrected chi connectivity index (χ4v) is 4.15. The van der Waals surface area contributed by atoms with Crippen molar-refractivity contribution in [2.24, 2.45) is 5.92 Å². The molecule has 0 atom stereocenters. The van der Waals surface area contributed by atoms with Gasteiger partial charge in [0.25, 0.3) is 0 Å². The van der Waals surface area contributed by atoms with E-state index in [1.54, 1.807) is 12.4 Å². The molecule has 2 aromatic rings. The largest absolute Gasteiger partial charge is 0.494 e. The lowest BCUT2D eigenvalue weighted by Crippen LogP contribution is -1.99. The summed E-state index contributed by atoms with van der Waals surface area (Å²) in [7, 11) is 0. The highest BCUT2D eigenvalue weighted by molar-refractivity contribution is 5.56. The number of nitrogens with zero attached hydrogens (tertiary/aromatic N) is 2. The van der Waals surface area contributed by atoms with Gasteiger partial charge in [0.15, 0.2) is 11.6 Å². The van der Waals surface area contributed by atoms with Gasteiger partial charge in [-0.2, -0.15) is 0 Å². The van der Waals surface area contributed by atoms with Crippen LogP contribution in [0, 0.1) is 5.92 Å². The van der Waals surface area contributed by atoms with E-state index < -0.39 is 0 Å². The maximum atomic E-state index is 5.86. The van der Waals surface area contributed by atoms with Crippen molar-refractivity contribution in [3.63, 3.8) is 0 Å². The van der Waals surface area contributed by atoms with Crippen LogP contribution in [0.3, 0.4) is 0 Å². The lowest BCUT2D eigenvalue weighted by molar-refractivity contribution is 0.302. The quantitative estimate of drug-likeness (QED) is 0.201. The van der Waals surface area contributed by atoms with Crippen LogP contribution in [0.4, 0.5) is 0 Å². The Morgan fingerprint density at radius 3 is 1.82 bits per heavy atom. The molecule has 1 heterocycles. The molecule has 0 N–H and O–H groups in total. The zero-order valence-corrected chi connectivity index (χ0v) is 20.8. The van der Waals surface area contributed by atoms with E-state index in [1.807, 2.05) is 24.3 Å². The van der Waals surface area contributed by atoms with Crippen LogP contribution in [0.25, 0.3) is 11.4 Å². The molecular weight excluding hydrogens is 408 g/mol. The minimum Gasteiger partial charge on any atom is -0.494 e. The first-order chi connectivity index (χ1) is 16.3. The van der Waals surface area contributed by atoms with Crippen LogP contribution in [-0.2, 0) is 0 Å². The van der Waals surface area contributed by atoms with Crippen molar-refractivity contribution in [3.8, 4) is 22.9 Å². The first-order valence-electron chi connectivity index (χ1n) is 13.5. The monoisotopic (exact) mass is 452 g/mol. The van der Waals surface area contributed by atoms with Crippen molar-refractivity contribution in [1.82, 2.24) is 9.97 Å². The number of hydrogen-bond acceptors (Lipinski definition) is 4. The van der Waals surface area contributed by atoms with Crippen molar-refractivity contribution in [2.75, 3.05) is 13.2 Å². The standard InChI is InChI=1S/C29H44N2O2/c1-2-3-4-5-9-12-21-32-27-19-17-26(18-20-27)29-30-23-28(24-31-29)33-22-13-10-7-6-8-11-14-25-15-16-25/h17-20,23-25H,2-16,21-22H2,1H3. The summed E-state index contributed by atoms with van der Waals surface area (Å²) in [5.41, 5.74) is 0.996. The van der Waals surface area contributed by atoms with Crippen molar-refractivity contribution < 1.29 is 9.47 Å². The summed E-state index contributed by atoms with van der Waals surface area (Å²) in [4.78, 5) is 8.96. The Hall–Kier alpha value is -2.10. The second-order valence-electron chi connectivity index (χ2n) is 9.58. The minimum absolute atomic E-state index is 0.719. The number of benzene rings is 1. The summed E-state index contributed by atoms with van der Waals surface area (Å²) in [6, 6.07) is 8.06. The molecule has 1 aliphatic rings. The molecule has 4 nitrogen and oxygen atoms in total. The number of aromatic nitrogens is 2. The van der Waals surface area contributed by atoms with Gasteiger partial charge in [-0.3, -0.25) is 0 Å². The highest BCUT2D eigenvalue weighted by Gasteiger charge is 2.19. The summed E-state index contributed by atoms with van der Waals surface area (Å²) < 4.78 is 11.7. The summed E-state index contributed by atoms with van der Waals surface area (Å²) in [5.74, 6) is 3.47. The van der Waals surface area contributed by atoms with E-state index in [1.165, 1.54) is 83.5 Å². The molecule has 1 aliphatic carbocycles. The van der Waals surface area contributed by atoms with E-state index in [0.717, 1.165) is 54.9 Å². The number of rotatable bonds is 19. The van der Waals surface area contributed by atoms with Crippen LogP contribution in [0.2, 0.25) is 0 Å². The Balaban J connectivity index is 1.25. The van der Waals surface area contributed by atoms with Gasteiger partial charge >= 0.3 is 0 Å². The van der Waals surface area contributed by atoms with Crippen LogP contribution in [0.15, 0.2) is 36.7 Å². The van der Waals surface area contributed by atoms with Crippen LogP contribution in [0.1, 0.15) is 103 Å². The molecule has 182 valence electrons. The summed E-state index contributed by atoms with van der Waals surface area (Å²) in [6.45, 7) is 3.78. The molecular formula is C29H44N2O2. The lowest BCUT2D eigenvalue weighted by atomic mass is 10.1. The first-order valence-corrected chi connectivity index (χ1v) is 13.5. The fourth-order valence-electron chi connectivity index (χ4n) is 4.15. The van der Waals surface area contributed by atoms with Gasteiger partial charge < -0.3 is 9.47 Å². The van der Waals surface area contributed by atoms with Gasteiger partial charge in [-0.1, -0.05) is 90.4 Å². The predicted octanol–water partition coefficient (Wildman–Crippen LogP) is 8.40. The Morgan fingerprint density at radius 2 is 1.21 bits per heavy atom. The van der Waals surface area contributed by atoms with Crippen molar-refractivity contribution in [3.05, 3.63) is 36.7 Å². The van der Waals surface area contributed by atoms with Gasteiger partial charge in [0.2, 0.25) is 0 Å². The normalized spacial score (nSPS) is 13.2. The molecule has 1 fully saturated rings. The molecule has 3 rings (SSSR count). The minimum atomic E-state index is 0.719. The molecule has 0 saturated heterocycles. The van der Waals surface area contributed by atoms with Crippen molar-refractivity contribution >= 4 is 0 Å². The Morgan fingerprint density at radius 1 is 0.667 bits per heavy atom. The molecule has 0 unspecified atom stereocenters.